The first-order valence-corrected chi connectivity index (χ1v) is 6.99. The van der Waals surface area contributed by atoms with Crippen molar-refractivity contribution in [1.29, 1.82) is 0 Å². The van der Waals surface area contributed by atoms with E-state index in [9.17, 15) is 0 Å². The van der Waals surface area contributed by atoms with Gasteiger partial charge in [0.25, 0.3) is 0 Å². The third kappa shape index (κ3) is 3.21. The van der Waals surface area contributed by atoms with Gasteiger partial charge in [-0.25, -0.2) is 0 Å². The highest BCUT2D eigenvalue weighted by atomic mass is 14.9. The van der Waals surface area contributed by atoms with Crippen molar-refractivity contribution in [2.75, 3.05) is 6.54 Å². The minimum absolute atomic E-state index is 0.830. The normalized spacial score (nSPS) is 38.4. The summed E-state index contributed by atoms with van der Waals surface area (Å²) in [6.45, 7) is 6.14. The Bertz CT molecular complexity index is 184. The molecule has 0 spiro atoms. The molecule has 0 aromatic carbocycles. The predicted octanol–water partition coefficient (Wildman–Crippen LogP) is 3.59. The molecule has 0 heterocycles. The molecule has 0 amide bonds. The van der Waals surface area contributed by atoms with E-state index in [1.54, 1.807) is 0 Å². The van der Waals surface area contributed by atoms with Crippen molar-refractivity contribution in [2.24, 2.45) is 17.8 Å². The molecule has 2 saturated carbocycles. The zero-order chi connectivity index (χ0) is 10.7. The molecule has 1 heteroatoms. The molecular formula is C14H27N. The van der Waals surface area contributed by atoms with E-state index < -0.39 is 0 Å². The molecule has 1 nitrogen and oxygen atoms in total. The molecule has 0 aromatic rings. The lowest BCUT2D eigenvalue weighted by Crippen LogP contribution is -2.38. The molecule has 0 aromatic heterocycles. The van der Waals surface area contributed by atoms with E-state index >= 15 is 0 Å². The van der Waals surface area contributed by atoms with Crippen molar-refractivity contribution < 1.29 is 0 Å². The molecule has 0 radical (unpaired) electrons. The Morgan fingerprint density at radius 3 is 2.33 bits per heavy atom. The van der Waals surface area contributed by atoms with Crippen LogP contribution in [0.5, 0.6) is 0 Å². The summed E-state index contributed by atoms with van der Waals surface area (Å²) < 4.78 is 0. The summed E-state index contributed by atoms with van der Waals surface area (Å²) in [4.78, 5) is 0. The van der Waals surface area contributed by atoms with Crippen LogP contribution in [0.15, 0.2) is 0 Å². The van der Waals surface area contributed by atoms with Crippen LogP contribution in [0.3, 0.4) is 0 Å². The Kier molecular flexibility index (Phi) is 4.07. The summed E-state index contributed by atoms with van der Waals surface area (Å²) in [5.74, 6) is 2.88. The summed E-state index contributed by atoms with van der Waals surface area (Å²) >= 11 is 0. The lowest BCUT2D eigenvalue weighted by Gasteiger charge is -2.33. The van der Waals surface area contributed by atoms with Crippen molar-refractivity contribution in [3.8, 4) is 0 Å². The van der Waals surface area contributed by atoms with Crippen LogP contribution in [0.2, 0.25) is 0 Å². The monoisotopic (exact) mass is 209 g/mol. The fourth-order valence-electron chi connectivity index (χ4n) is 3.28. The molecule has 2 aliphatic carbocycles. The molecule has 3 atom stereocenters. The summed E-state index contributed by atoms with van der Waals surface area (Å²) in [7, 11) is 0. The minimum Gasteiger partial charge on any atom is -0.314 e. The van der Waals surface area contributed by atoms with Crippen molar-refractivity contribution in [2.45, 2.75) is 64.8 Å². The Morgan fingerprint density at radius 2 is 1.67 bits per heavy atom. The first kappa shape index (κ1) is 11.4. The van der Waals surface area contributed by atoms with Crippen LogP contribution in [0, 0.1) is 17.8 Å². The quantitative estimate of drug-likeness (QED) is 0.749. The summed E-state index contributed by atoms with van der Waals surface area (Å²) in [6.07, 6.45) is 10.2. The number of rotatable bonds is 3. The standard InChI is InChI=1S/C14H27N/c1-11-7-8-14(9-12(11)2)15-10-13-5-3-4-6-13/h11-15H,3-10H2,1-2H3. The second-order valence-corrected chi connectivity index (χ2v) is 6.02. The summed E-state index contributed by atoms with van der Waals surface area (Å²) in [6, 6.07) is 0.830. The summed E-state index contributed by atoms with van der Waals surface area (Å²) in [5.41, 5.74) is 0. The van der Waals surface area contributed by atoms with Gasteiger partial charge < -0.3 is 5.32 Å². The van der Waals surface area contributed by atoms with Crippen LogP contribution in [-0.4, -0.2) is 12.6 Å². The van der Waals surface area contributed by atoms with Crippen molar-refractivity contribution >= 4 is 0 Å². The van der Waals surface area contributed by atoms with Crippen molar-refractivity contribution in [3.05, 3.63) is 0 Å². The van der Waals surface area contributed by atoms with Gasteiger partial charge in [0.05, 0.1) is 0 Å². The van der Waals surface area contributed by atoms with Gasteiger partial charge in [-0.1, -0.05) is 26.7 Å². The molecule has 1 N–H and O–H groups in total. The van der Waals surface area contributed by atoms with E-state index in [1.807, 2.05) is 0 Å². The van der Waals surface area contributed by atoms with Gasteiger partial charge in [0.2, 0.25) is 0 Å². The fraction of sp³-hybridized carbons (Fsp3) is 1.00. The van der Waals surface area contributed by atoms with Crippen molar-refractivity contribution in [1.82, 2.24) is 5.32 Å². The predicted molar refractivity (Wildman–Crippen MR) is 65.9 cm³/mol. The van der Waals surface area contributed by atoms with E-state index in [1.165, 1.54) is 51.5 Å². The second kappa shape index (κ2) is 5.34. The molecular weight excluding hydrogens is 182 g/mol. The Hall–Kier alpha value is -0.0400. The number of hydrogen-bond acceptors (Lipinski definition) is 1. The van der Waals surface area contributed by atoms with Gasteiger partial charge >= 0.3 is 0 Å². The maximum atomic E-state index is 3.81. The van der Waals surface area contributed by atoms with Crippen LogP contribution in [0.1, 0.15) is 58.8 Å². The van der Waals surface area contributed by atoms with Gasteiger partial charge in [-0.15, -0.1) is 0 Å². The molecule has 3 unspecified atom stereocenters. The smallest absolute Gasteiger partial charge is 0.00699 e. The average Bonchev–Trinajstić information content (AvgIpc) is 2.73. The van der Waals surface area contributed by atoms with Gasteiger partial charge in [0.1, 0.15) is 0 Å². The molecule has 0 saturated heterocycles. The highest BCUT2D eigenvalue weighted by Crippen LogP contribution is 2.30. The third-order valence-corrected chi connectivity index (χ3v) is 4.77. The average molecular weight is 209 g/mol. The minimum atomic E-state index is 0.830. The summed E-state index contributed by atoms with van der Waals surface area (Å²) in [5, 5.41) is 3.81. The van der Waals surface area contributed by atoms with Gasteiger partial charge in [0, 0.05) is 6.04 Å². The first-order valence-electron chi connectivity index (χ1n) is 6.99. The van der Waals surface area contributed by atoms with E-state index in [2.05, 4.69) is 19.2 Å². The highest BCUT2D eigenvalue weighted by molar-refractivity contribution is 4.81. The first-order chi connectivity index (χ1) is 7.25. The second-order valence-electron chi connectivity index (χ2n) is 6.02. The lowest BCUT2D eigenvalue weighted by molar-refractivity contribution is 0.221. The number of nitrogens with one attached hydrogen (secondary N) is 1. The molecule has 88 valence electrons. The highest BCUT2D eigenvalue weighted by Gasteiger charge is 2.25. The SMILES string of the molecule is CC1CCC(NCC2CCCC2)CC1C. The fourth-order valence-corrected chi connectivity index (χ4v) is 3.28. The maximum Gasteiger partial charge on any atom is 0.00699 e. The van der Waals surface area contributed by atoms with Crippen LogP contribution >= 0.6 is 0 Å². The largest absolute Gasteiger partial charge is 0.314 e. The molecule has 15 heavy (non-hydrogen) atoms. The van der Waals surface area contributed by atoms with E-state index in [4.69, 9.17) is 0 Å². The van der Waals surface area contributed by atoms with Gasteiger partial charge in [-0.3, -0.25) is 0 Å². The van der Waals surface area contributed by atoms with Gasteiger partial charge in [0.15, 0.2) is 0 Å². The van der Waals surface area contributed by atoms with Crippen LogP contribution < -0.4 is 5.32 Å². The van der Waals surface area contributed by atoms with Gasteiger partial charge in [-0.2, -0.15) is 0 Å². The Balaban J connectivity index is 1.66. The topological polar surface area (TPSA) is 12.0 Å². The van der Waals surface area contributed by atoms with E-state index in [0.29, 0.717) is 0 Å². The van der Waals surface area contributed by atoms with Crippen molar-refractivity contribution in [3.63, 3.8) is 0 Å². The van der Waals surface area contributed by atoms with Crippen LogP contribution in [0.25, 0.3) is 0 Å². The lowest BCUT2D eigenvalue weighted by atomic mass is 9.79. The van der Waals surface area contributed by atoms with E-state index in [0.717, 1.165) is 23.8 Å². The van der Waals surface area contributed by atoms with Crippen LogP contribution in [-0.2, 0) is 0 Å². The zero-order valence-electron chi connectivity index (χ0n) is 10.5. The number of hydrogen-bond donors (Lipinski definition) is 1. The van der Waals surface area contributed by atoms with E-state index in [-0.39, 0.29) is 0 Å². The molecule has 2 fully saturated rings. The molecule has 2 aliphatic rings. The Labute approximate surface area is 95.0 Å². The molecule has 2 rings (SSSR count). The third-order valence-electron chi connectivity index (χ3n) is 4.77. The Morgan fingerprint density at radius 1 is 0.933 bits per heavy atom. The zero-order valence-corrected chi connectivity index (χ0v) is 10.5. The van der Waals surface area contributed by atoms with Crippen LogP contribution in [0.4, 0.5) is 0 Å². The van der Waals surface area contributed by atoms with Gasteiger partial charge in [-0.05, 0) is 56.4 Å². The molecule has 0 bridgehead atoms. The molecule has 0 aliphatic heterocycles. The maximum absolute atomic E-state index is 3.81.